The molecule has 9 rings (SSSR count). The second-order valence-corrected chi connectivity index (χ2v) is 15.8. The van der Waals surface area contributed by atoms with Gasteiger partial charge < -0.3 is 24.5 Å². The van der Waals surface area contributed by atoms with Crippen LogP contribution in [0.5, 0.6) is 0 Å². The third-order valence-electron chi connectivity index (χ3n) is 11.6. The van der Waals surface area contributed by atoms with Crippen LogP contribution in [0, 0.1) is 12.3 Å². The molecule has 2 amide bonds. The molecule has 7 heterocycles. The average Bonchev–Trinajstić information content (AvgIpc) is 3.79. The molecule has 0 bridgehead atoms. The Morgan fingerprint density at radius 1 is 1.06 bits per heavy atom. The second kappa shape index (κ2) is 12.7. The highest BCUT2D eigenvalue weighted by molar-refractivity contribution is 6.07. The molecule has 12 nitrogen and oxygen atoms in total. The standard InChI is InChI=1S/C41H45N9O3/c1-6-36(51)45-32-15-26(7-8-33(32)48-12-11-47(20-24(48)2)28-21-53-22-28)31-17-30-37(43-23-44-38(30)46-31)29-9-10-42-39(25(29)3)50-14-13-49-34(40(50)52)16-27-18-41(4,5)19-35(27)49/h6-10,15-17,23-24,28H,1,11-14,18-22H2,2-5H3,(H,45,51)(H,43,44,46). The zero-order valence-corrected chi connectivity index (χ0v) is 30.8. The molecule has 2 fully saturated rings. The summed E-state index contributed by atoms with van der Waals surface area (Å²) in [6, 6.07) is 13.0. The number of hydrogen-bond acceptors (Lipinski definition) is 8. The Kier molecular flexibility index (Phi) is 8.01. The van der Waals surface area contributed by atoms with Gasteiger partial charge in [0.15, 0.2) is 0 Å². The first-order valence-corrected chi connectivity index (χ1v) is 18.6. The Labute approximate surface area is 308 Å². The van der Waals surface area contributed by atoms with Gasteiger partial charge >= 0.3 is 0 Å². The number of anilines is 3. The Balaban J connectivity index is 1.03. The maximum atomic E-state index is 14.0. The van der Waals surface area contributed by atoms with Crippen molar-refractivity contribution in [2.45, 2.75) is 59.2 Å². The summed E-state index contributed by atoms with van der Waals surface area (Å²) in [5.74, 6) is 0.376. The number of H-pyrrole nitrogens is 1. The van der Waals surface area contributed by atoms with Gasteiger partial charge in [-0.05, 0) is 74.1 Å². The van der Waals surface area contributed by atoms with Gasteiger partial charge in [-0.1, -0.05) is 26.5 Å². The monoisotopic (exact) mass is 711 g/mol. The number of amides is 2. The van der Waals surface area contributed by atoms with Gasteiger partial charge in [-0.25, -0.2) is 15.0 Å². The number of aromatic nitrogens is 5. The normalized spacial score (nSPS) is 20.0. The molecular formula is C41H45N9O3. The van der Waals surface area contributed by atoms with E-state index in [1.165, 1.54) is 17.3 Å². The first-order chi connectivity index (χ1) is 25.6. The molecule has 0 spiro atoms. The lowest BCUT2D eigenvalue weighted by Gasteiger charge is -2.46. The SMILES string of the molecule is C=CC(=O)Nc1cc(-c2cc3c(-c4ccnc(N5CCn6c(cc7c6CC(C)(C)C7)C5=O)c4C)ncnc3[nH]2)ccc1N1CCN(C2COC2)CC1C. The van der Waals surface area contributed by atoms with Crippen LogP contribution in [0.3, 0.4) is 0 Å². The predicted octanol–water partition coefficient (Wildman–Crippen LogP) is 5.62. The summed E-state index contributed by atoms with van der Waals surface area (Å²) in [4.78, 5) is 50.9. The third-order valence-corrected chi connectivity index (χ3v) is 11.6. The lowest BCUT2D eigenvalue weighted by atomic mass is 9.90. The molecule has 1 aliphatic carbocycles. The van der Waals surface area contributed by atoms with Gasteiger partial charge in [0.05, 0.1) is 36.3 Å². The van der Waals surface area contributed by atoms with Crippen LogP contribution in [0.15, 0.2) is 61.6 Å². The Bertz CT molecular complexity index is 2300. The first-order valence-electron chi connectivity index (χ1n) is 18.6. The highest BCUT2D eigenvalue weighted by Gasteiger charge is 2.38. The van der Waals surface area contributed by atoms with E-state index in [9.17, 15) is 9.59 Å². The smallest absolute Gasteiger partial charge is 0.276 e. The highest BCUT2D eigenvalue weighted by Crippen LogP contribution is 2.41. The molecule has 272 valence electrons. The molecule has 3 aliphatic heterocycles. The zero-order valence-electron chi connectivity index (χ0n) is 30.8. The van der Waals surface area contributed by atoms with Crippen molar-refractivity contribution < 1.29 is 14.3 Å². The van der Waals surface area contributed by atoms with Crippen molar-refractivity contribution >= 4 is 40.0 Å². The van der Waals surface area contributed by atoms with Crippen LogP contribution in [0.2, 0.25) is 0 Å². The molecule has 5 aromatic rings. The number of benzene rings is 1. The maximum absolute atomic E-state index is 14.0. The van der Waals surface area contributed by atoms with Crippen molar-refractivity contribution in [3.63, 3.8) is 0 Å². The van der Waals surface area contributed by atoms with Crippen LogP contribution >= 0.6 is 0 Å². The number of hydrogen-bond donors (Lipinski definition) is 2. The number of piperazine rings is 1. The topological polar surface area (TPSA) is 125 Å². The number of nitrogens with one attached hydrogen (secondary N) is 2. The maximum Gasteiger partial charge on any atom is 0.276 e. The Hall–Kier alpha value is -5.33. The van der Waals surface area contributed by atoms with E-state index in [2.05, 4.69) is 81.3 Å². The fourth-order valence-corrected chi connectivity index (χ4v) is 8.82. The molecule has 1 unspecified atom stereocenters. The predicted molar refractivity (Wildman–Crippen MR) is 206 cm³/mol. The van der Waals surface area contributed by atoms with Crippen molar-refractivity contribution in [1.29, 1.82) is 0 Å². The van der Waals surface area contributed by atoms with Crippen LogP contribution in [0.4, 0.5) is 17.2 Å². The molecule has 2 N–H and O–H groups in total. The van der Waals surface area contributed by atoms with Crippen LogP contribution < -0.4 is 15.1 Å². The fourth-order valence-electron chi connectivity index (χ4n) is 8.82. The van der Waals surface area contributed by atoms with Crippen LogP contribution in [-0.4, -0.2) is 92.7 Å². The van der Waals surface area contributed by atoms with E-state index >= 15 is 0 Å². The minimum Gasteiger partial charge on any atom is -0.378 e. The number of rotatable bonds is 7. The van der Waals surface area contributed by atoms with E-state index in [1.54, 1.807) is 12.5 Å². The number of fused-ring (bicyclic) bond motifs is 4. The number of carbonyl (C=O) groups excluding carboxylic acids is 2. The fraction of sp³-hybridized carbons (Fsp3) is 0.390. The van der Waals surface area contributed by atoms with E-state index in [-0.39, 0.29) is 23.3 Å². The van der Waals surface area contributed by atoms with Crippen molar-refractivity contribution in [3.8, 4) is 22.5 Å². The summed E-state index contributed by atoms with van der Waals surface area (Å²) in [6.45, 7) is 18.1. The van der Waals surface area contributed by atoms with Gasteiger partial charge in [-0.15, -0.1) is 0 Å². The van der Waals surface area contributed by atoms with Gasteiger partial charge in [-0.2, -0.15) is 0 Å². The van der Waals surface area contributed by atoms with Gasteiger partial charge in [0, 0.05) is 78.4 Å². The van der Waals surface area contributed by atoms with Crippen molar-refractivity contribution in [1.82, 2.24) is 29.4 Å². The van der Waals surface area contributed by atoms with Crippen LogP contribution in [0.1, 0.15) is 48.1 Å². The van der Waals surface area contributed by atoms with Crippen LogP contribution in [0.25, 0.3) is 33.5 Å². The number of pyridine rings is 1. The molecular weight excluding hydrogens is 667 g/mol. The molecule has 0 radical (unpaired) electrons. The lowest BCUT2D eigenvalue weighted by molar-refractivity contribution is -0.111. The van der Waals surface area contributed by atoms with Crippen molar-refractivity contribution in [2.24, 2.45) is 5.41 Å². The summed E-state index contributed by atoms with van der Waals surface area (Å²) in [7, 11) is 0. The van der Waals surface area contributed by atoms with Crippen molar-refractivity contribution in [2.75, 3.05) is 54.5 Å². The summed E-state index contributed by atoms with van der Waals surface area (Å²) in [5, 5.41) is 3.92. The molecule has 0 saturated carbocycles. The number of nitrogens with zero attached hydrogens (tertiary/aromatic N) is 7. The molecule has 4 aliphatic rings. The van der Waals surface area contributed by atoms with Gasteiger partial charge in [-0.3, -0.25) is 19.4 Å². The number of carbonyl (C=O) groups is 2. The summed E-state index contributed by atoms with van der Waals surface area (Å²) in [5.41, 5.74) is 10.3. The molecule has 1 aromatic carbocycles. The van der Waals surface area contributed by atoms with E-state index < -0.39 is 0 Å². The number of ether oxygens (including phenoxy) is 1. The third kappa shape index (κ3) is 5.71. The second-order valence-electron chi connectivity index (χ2n) is 15.8. The Morgan fingerprint density at radius 2 is 1.91 bits per heavy atom. The van der Waals surface area contributed by atoms with Gasteiger partial charge in [0.25, 0.3) is 5.91 Å². The van der Waals surface area contributed by atoms with Gasteiger partial charge in [0.1, 0.15) is 23.5 Å². The summed E-state index contributed by atoms with van der Waals surface area (Å²) < 4.78 is 7.67. The molecule has 4 aromatic heterocycles. The quantitative estimate of drug-likeness (QED) is 0.209. The first kappa shape index (κ1) is 33.5. The minimum absolute atomic E-state index is 0.0139. The molecule has 53 heavy (non-hydrogen) atoms. The number of aromatic amines is 1. The molecule has 1 atom stereocenters. The van der Waals surface area contributed by atoms with Gasteiger partial charge in [0.2, 0.25) is 5.91 Å². The summed E-state index contributed by atoms with van der Waals surface area (Å²) in [6.07, 6.45) is 6.61. The Morgan fingerprint density at radius 3 is 2.68 bits per heavy atom. The molecule has 2 saturated heterocycles. The van der Waals surface area contributed by atoms with Crippen LogP contribution in [-0.2, 0) is 28.9 Å². The van der Waals surface area contributed by atoms with E-state index in [0.29, 0.717) is 24.1 Å². The van der Waals surface area contributed by atoms with E-state index in [1.807, 2.05) is 24.0 Å². The van der Waals surface area contributed by atoms with Crippen molar-refractivity contribution in [3.05, 3.63) is 84.1 Å². The van der Waals surface area contributed by atoms with E-state index in [0.717, 1.165) is 103 Å². The average molecular weight is 712 g/mol. The zero-order chi connectivity index (χ0) is 36.6. The largest absolute Gasteiger partial charge is 0.378 e. The molecule has 12 heteroatoms. The highest BCUT2D eigenvalue weighted by atomic mass is 16.5. The summed E-state index contributed by atoms with van der Waals surface area (Å²) >= 11 is 0. The van der Waals surface area contributed by atoms with E-state index in [4.69, 9.17) is 14.7 Å². The minimum atomic E-state index is -0.261. The lowest BCUT2D eigenvalue weighted by Crippen LogP contribution is -2.59.